The third-order valence-corrected chi connectivity index (χ3v) is 3.72. The van der Waals surface area contributed by atoms with E-state index in [0.717, 1.165) is 6.42 Å². The van der Waals surface area contributed by atoms with Crippen LogP contribution < -0.4 is 0 Å². The highest BCUT2D eigenvalue weighted by Gasteiger charge is 2.44. The van der Waals surface area contributed by atoms with E-state index in [9.17, 15) is 9.59 Å². The summed E-state index contributed by atoms with van der Waals surface area (Å²) >= 11 is 0. The Hall–Kier alpha value is -2.16. The highest BCUT2D eigenvalue weighted by molar-refractivity contribution is 6.39. The molecule has 3 rings (SSSR count). The summed E-state index contributed by atoms with van der Waals surface area (Å²) in [5.74, 6) is -0.908. The number of carbonyl (C=O) groups is 2. The van der Waals surface area contributed by atoms with Crippen LogP contribution in [0.15, 0.2) is 54.6 Å². The van der Waals surface area contributed by atoms with E-state index in [1.54, 1.807) is 4.90 Å². The van der Waals surface area contributed by atoms with Crippen LogP contribution in [0.4, 0.5) is 0 Å². The summed E-state index contributed by atoms with van der Waals surface area (Å²) in [6, 6.07) is 9.93. The fourth-order valence-corrected chi connectivity index (χ4v) is 2.70. The molecular weight excluding hydrogens is 238 g/mol. The minimum absolute atomic E-state index is 0.0892. The number of hydrogen-bond acceptors (Lipinski definition) is 2. The van der Waals surface area contributed by atoms with E-state index >= 15 is 0 Å². The van der Waals surface area contributed by atoms with Gasteiger partial charge >= 0.3 is 0 Å². The molecule has 19 heavy (non-hydrogen) atoms. The van der Waals surface area contributed by atoms with Gasteiger partial charge in [-0.25, -0.2) is 0 Å². The van der Waals surface area contributed by atoms with Crippen molar-refractivity contribution in [1.82, 2.24) is 4.90 Å². The summed E-state index contributed by atoms with van der Waals surface area (Å²) in [6.45, 7) is 0.591. The lowest BCUT2D eigenvalue weighted by molar-refractivity contribution is -0.140. The fraction of sp³-hybridized carbons (Fsp3) is 0.250. The molecule has 1 amide bonds. The molecule has 3 nitrogen and oxygen atoms in total. The van der Waals surface area contributed by atoms with Crippen LogP contribution in [-0.2, 0) is 16.0 Å². The van der Waals surface area contributed by atoms with Gasteiger partial charge in [0.1, 0.15) is 0 Å². The summed E-state index contributed by atoms with van der Waals surface area (Å²) in [5.41, 5.74) is 1.18. The average Bonchev–Trinajstić information content (AvgIpc) is 2.71. The van der Waals surface area contributed by atoms with Crippen LogP contribution in [0, 0.1) is 5.92 Å². The molecule has 0 aromatic heterocycles. The molecular formula is C16H15NO2. The Morgan fingerprint density at radius 2 is 1.74 bits per heavy atom. The van der Waals surface area contributed by atoms with Crippen molar-refractivity contribution in [2.24, 2.45) is 5.92 Å². The maximum Gasteiger partial charge on any atom is 0.291 e. The molecule has 0 unspecified atom stereocenters. The molecule has 1 heterocycles. The van der Waals surface area contributed by atoms with E-state index in [0.29, 0.717) is 6.54 Å². The molecule has 0 N–H and O–H groups in total. The molecule has 1 aromatic rings. The maximum absolute atomic E-state index is 12.0. The van der Waals surface area contributed by atoms with Crippen molar-refractivity contribution in [3.8, 4) is 0 Å². The van der Waals surface area contributed by atoms with Crippen molar-refractivity contribution >= 4 is 11.7 Å². The van der Waals surface area contributed by atoms with E-state index in [1.165, 1.54) is 5.56 Å². The first-order chi connectivity index (χ1) is 9.27. The van der Waals surface area contributed by atoms with Crippen LogP contribution in [-0.4, -0.2) is 29.2 Å². The quantitative estimate of drug-likeness (QED) is 0.770. The standard InChI is InChI=1S/C16H15NO2/c18-15-13-8-4-5-9-14(13)17(16(15)19)11-10-12-6-2-1-3-7-12/h1-9,13-14H,10-11H2/t13-,14-/m1/s1. The number of Topliss-reactive ketones (excluding diaryl/α,β-unsaturated/α-hetero) is 1. The zero-order chi connectivity index (χ0) is 13.2. The van der Waals surface area contributed by atoms with E-state index in [-0.39, 0.29) is 23.7 Å². The number of carbonyl (C=O) groups excluding carboxylic acids is 2. The molecule has 96 valence electrons. The first-order valence-electron chi connectivity index (χ1n) is 6.51. The zero-order valence-electron chi connectivity index (χ0n) is 10.5. The highest BCUT2D eigenvalue weighted by Crippen LogP contribution is 2.27. The predicted molar refractivity (Wildman–Crippen MR) is 72.4 cm³/mol. The average molecular weight is 253 g/mol. The van der Waals surface area contributed by atoms with E-state index in [1.807, 2.05) is 54.6 Å². The van der Waals surface area contributed by atoms with Crippen molar-refractivity contribution < 1.29 is 9.59 Å². The van der Waals surface area contributed by atoms with Gasteiger partial charge in [0, 0.05) is 6.54 Å². The molecule has 0 spiro atoms. The third kappa shape index (κ3) is 2.12. The van der Waals surface area contributed by atoms with E-state index in [4.69, 9.17) is 0 Å². The number of benzene rings is 1. The molecule has 2 aliphatic rings. The maximum atomic E-state index is 12.0. The Labute approximate surface area is 112 Å². The monoisotopic (exact) mass is 253 g/mol. The van der Waals surface area contributed by atoms with Gasteiger partial charge < -0.3 is 4.90 Å². The van der Waals surface area contributed by atoms with Crippen molar-refractivity contribution in [3.63, 3.8) is 0 Å². The Balaban J connectivity index is 1.74. The smallest absolute Gasteiger partial charge is 0.291 e. The largest absolute Gasteiger partial charge is 0.328 e. The lowest BCUT2D eigenvalue weighted by atomic mass is 9.95. The molecule has 1 aliphatic carbocycles. The van der Waals surface area contributed by atoms with Gasteiger partial charge in [-0.1, -0.05) is 54.6 Å². The predicted octanol–water partition coefficient (Wildman–Crippen LogP) is 1.75. The minimum atomic E-state index is -0.345. The molecule has 1 fully saturated rings. The van der Waals surface area contributed by atoms with Crippen LogP contribution in [0.5, 0.6) is 0 Å². The molecule has 1 saturated heterocycles. The Morgan fingerprint density at radius 3 is 2.53 bits per heavy atom. The van der Waals surface area contributed by atoms with Gasteiger partial charge in [0.05, 0.1) is 12.0 Å². The second kappa shape index (κ2) is 4.84. The summed E-state index contributed by atoms with van der Waals surface area (Å²) in [7, 11) is 0. The third-order valence-electron chi connectivity index (χ3n) is 3.72. The van der Waals surface area contributed by atoms with Crippen LogP contribution >= 0.6 is 0 Å². The summed E-state index contributed by atoms with van der Waals surface area (Å²) in [5, 5.41) is 0. The minimum Gasteiger partial charge on any atom is -0.328 e. The molecule has 3 heteroatoms. The van der Waals surface area contributed by atoms with E-state index < -0.39 is 0 Å². The van der Waals surface area contributed by atoms with Crippen LogP contribution in [0.2, 0.25) is 0 Å². The molecule has 0 bridgehead atoms. The van der Waals surface area contributed by atoms with Crippen molar-refractivity contribution in [2.45, 2.75) is 12.5 Å². The Kier molecular flexibility index (Phi) is 3.03. The SMILES string of the molecule is O=C1C(=O)N(CCc2ccccc2)[C@@H]2C=CC=C[C@@H]12. The number of rotatable bonds is 3. The second-order valence-electron chi connectivity index (χ2n) is 4.88. The van der Waals surface area contributed by atoms with Crippen LogP contribution in [0.25, 0.3) is 0 Å². The van der Waals surface area contributed by atoms with Gasteiger partial charge in [0.2, 0.25) is 5.78 Å². The van der Waals surface area contributed by atoms with Gasteiger partial charge in [-0.3, -0.25) is 9.59 Å². The number of amides is 1. The Morgan fingerprint density at radius 1 is 1.00 bits per heavy atom. The topological polar surface area (TPSA) is 37.4 Å². The molecule has 1 aliphatic heterocycles. The molecule has 0 saturated carbocycles. The first-order valence-corrected chi connectivity index (χ1v) is 6.51. The van der Waals surface area contributed by atoms with Gasteiger partial charge in [-0.2, -0.15) is 0 Å². The molecule has 1 aromatic carbocycles. The lowest BCUT2D eigenvalue weighted by Gasteiger charge is -2.24. The number of ketones is 1. The number of allylic oxidation sites excluding steroid dienone is 2. The lowest BCUT2D eigenvalue weighted by Crippen LogP contribution is -2.36. The van der Waals surface area contributed by atoms with Crippen molar-refractivity contribution in [2.75, 3.05) is 6.54 Å². The van der Waals surface area contributed by atoms with Gasteiger partial charge in [0.25, 0.3) is 5.91 Å². The van der Waals surface area contributed by atoms with Crippen molar-refractivity contribution in [1.29, 1.82) is 0 Å². The summed E-state index contributed by atoms with van der Waals surface area (Å²) in [6.07, 6.45) is 8.29. The van der Waals surface area contributed by atoms with Crippen molar-refractivity contribution in [3.05, 3.63) is 60.2 Å². The Bertz CT molecular complexity index is 559. The summed E-state index contributed by atoms with van der Waals surface area (Å²) < 4.78 is 0. The number of hydrogen-bond donors (Lipinski definition) is 0. The summed E-state index contributed by atoms with van der Waals surface area (Å²) in [4.78, 5) is 25.6. The van der Waals surface area contributed by atoms with Gasteiger partial charge in [-0.15, -0.1) is 0 Å². The zero-order valence-corrected chi connectivity index (χ0v) is 10.5. The molecule has 2 atom stereocenters. The number of nitrogens with zero attached hydrogens (tertiary/aromatic N) is 1. The van der Waals surface area contributed by atoms with Gasteiger partial charge in [-0.05, 0) is 12.0 Å². The van der Waals surface area contributed by atoms with Crippen LogP contribution in [0.3, 0.4) is 0 Å². The van der Waals surface area contributed by atoms with Crippen LogP contribution in [0.1, 0.15) is 5.56 Å². The molecule has 0 radical (unpaired) electrons. The number of fused-ring (bicyclic) bond motifs is 1. The number of likely N-dealkylation sites (tertiary alicyclic amines) is 1. The van der Waals surface area contributed by atoms with Gasteiger partial charge in [0.15, 0.2) is 0 Å². The first kappa shape index (κ1) is 11.9. The van der Waals surface area contributed by atoms with E-state index in [2.05, 4.69) is 0 Å². The normalized spacial score (nSPS) is 24.9. The fourth-order valence-electron chi connectivity index (χ4n) is 2.70. The second-order valence-corrected chi connectivity index (χ2v) is 4.88. The highest BCUT2D eigenvalue weighted by atomic mass is 16.2.